The predicted molar refractivity (Wildman–Crippen MR) is 139 cm³/mol. The fraction of sp³-hybridized carbons (Fsp3) is 0.345. The van der Waals surface area contributed by atoms with Gasteiger partial charge in [-0.2, -0.15) is 0 Å². The first-order chi connectivity index (χ1) is 17.0. The van der Waals surface area contributed by atoms with Crippen molar-refractivity contribution in [2.24, 2.45) is 5.41 Å². The maximum atomic E-state index is 5.10. The maximum absolute atomic E-state index is 5.10. The molecule has 2 aliphatic carbocycles. The van der Waals surface area contributed by atoms with Gasteiger partial charge in [0.25, 0.3) is 0 Å². The molecule has 1 saturated carbocycles. The zero-order valence-electron chi connectivity index (χ0n) is 20.8. The van der Waals surface area contributed by atoms with E-state index in [4.69, 9.17) is 15.4 Å². The third-order valence-electron chi connectivity index (χ3n) is 8.42. The van der Waals surface area contributed by atoms with Crippen molar-refractivity contribution in [3.05, 3.63) is 95.2 Å². The maximum Gasteiger partial charge on any atom is 2.00 e. The minimum Gasteiger partial charge on any atom is -0.640 e. The molecule has 2 aliphatic rings. The van der Waals surface area contributed by atoms with Gasteiger partial charge in [-0.3, -0.25) is 4.98 Å². The SMILES string of the molecule is CC12CCC(c3c1n[n-]c3-c1cccc(N(C[N-]Cc3ccccn3)c3ccccc3)n1)C2(C)C.[Pt+2]. The van der Waals surface area contributed by atoms with Gasteiger partial charge in [0.05, 0.1) is 5.69 Å². The van der Waals surface area contributed by atoms with Crippen LogP contribution in [0.5, 0.6) is 0 Å². The first kappa shape index (κ1) is 24.9. The van der Waals surface area contributed by atoms with Crippen LogP contribution in [0.1, 0.15) is 56.5 Å². The van der Waals surface area contributed by atoms with Crippen LogP contribution in [0.15, 0.2) is 72.9 Å². The van der Waals surface area contributed by atoms with Gasteiger partial charge in [-0.05, 0) is 66.1 Å². The van der Waals surface area contributed by atoms with E-state index < -0.39 is 0 Å². The monoisotopic (exact) mass is 657 g/mol. The van der Waals surface area contributed by atoms with Gasteiger partial charge in [0, 0.05) is 28.7 Å². The number of aromatic nitrogens is 4. The van der Waals surface area contributed by atoms with Crippen LogP contribution in [0.25, 0.3) is 16.7 Å². The Morgan fingerprint density at radius 3 is 2.58 bits per heavy atom. The van der Waals surface area contributed by atoms with Crippen LogP contribution in [0, 0.1) is 5.41 Å². The number of anilines is 2. The molecule has 3 aromatic heterocycles. The largest absolute Gasteiger partial charge is 2.00 e. The number of rotatable bonds is 7. The third kappa shape index (κ3) is 3.91. The summed E-state index contributed by atoms with van der Waals surface area (Å²) in [5, 5.41) is 14.2. The average molecular weight is 658 g/mol. The van der Waals surface area contributed by atoms with E-state index in [1.165, 1.54) is 24.1 Å². The first-order valence-corrected chi connectivity index (χ1v) is 12.4. The fourth-order valence-electron chi connectivity index (χ4n) is 6.03. The Morgan fingerprint density at radius 2 is 1.81 bits per heavy atom. The molecule has 0 N–H and O–H groups in total. The van der Waals surface area contributed by atoms with Gasteiger partial charge >= 0.3 is 21.1 Å². The number of para-hydroxylation sites is 1. The van der Waals surface area contributed by atoms with Crippen LogP contribution < -0.4 is 10.00 Å². The van der Waals surface area contributed by atoms with Gasteiger partial charge in [-0.15, -0.1) is 6.54 Å². The number of hydrogen-bond acceptors (Lipinski definition) is 4. The second-order valence-corrected chi connectivity index (χ2v) is 10.4. The summed E-state index contributed by atoms with van der Waals surface area (Å²) in [5.74, 6) is 1.33. The van der Waals surface area contributed by atoms with Crippen molar-refractivity contribution in [3.63, 3.8) is 0 Å². The Bertz CT molecular complexity index is 1340. The van der Waals surface area contributed by atoms with Gasteiger partial charge in [0.1, 0.15) is 5.82 Å². The van der Waals surface area contributed by atoms with Crippen LogP contribution in [0.4, 0.5) is 11.5 Å². The molecule has 2 bridgehead atoms. The van der Waals surface area contributed by atoms with Crippen molar-refractivity contribution in [3.8, 4) is 11.4 Å². The summed E-state index contributed by atoms with van der Waals surface area (Å²) in [5.41, 5.74) is 6.63. The Hall–Kier alpha value is -2.82. The summed E-state index contributed by atoms with van der Waals surface area (Å²) in [6.45, 7) is 8.18. The second kappa shape index (κ2) is 9.57. The average Bonchev–Trinajstić information content (AvgIpc) is 3.47. The zero-order valence-corrected chi connectivity index (χ0v) is 23.1. The molecule has 2 atom stereocenters. The summed E-state index contributed by atoms with van der Waals surface area (Å²) in [6, 6.07) is 22.4. The van der Waals surface area contributed by atoms with E-state index in [0.717, 1.165) is 28.6 Å². The molecule has 0 saturated heterocycles. The van der Waals surface area contributed by atoms with E-state index in [1.54, 1.807) is 6.20 Å². The molecule has 0 amide bonds. The Balaban J connectivity index is 0.00000267. The molecule has 36 heavy (non-hydrogen) atoms. The molecule has 7 heteroatoms. The second-order valence-electron chi connectivity index (χ2n) is 10.4. The summed E-state index contributed by atoms with van der Waals surface area (Å²) in [7, 11) is 0. The van der Waals surface area contributed by atoms with Gasteiger partial charge in [-0.1, -0.05) is 63.5 Å². The molecular formula is C29H30N6Pt. The van der Waals surface area contributed by atoms with Crippen molar-refractivity contribution in [2.45, 2.75) is 51.5 Å². The molecule has 6 rings (SSSR count). The van der Waals surface area contributed by atoms with Crippen molar-refractivity contribution in [1.82, 2.24) is 20.2 Å². The molecule has 0 radical (unpaired) electrons. The molecule has 4 aromatic rings. The quantitative estimate of drug-likeness (QED) is 0.232. The molecule has 6 nitrogen and oxygen atoms in total. The van der Waals surface area contributed by atoms with Gasteiger partial charge in [-0.25, -0.2) is 4.98 Å². The Morgan fingerprint density at radius 1 is 1.00 bits per heavy atom. The normalized spacial score (nSPS) is 21.1. The number of pyridine rings is 2. The molecule has 0 spiro atoms. The van der Waals surface area contributed by atoms with Gasteiger partial charge in [0.2, 0.25) is 0 Å². The van der Waals surface area contributed by atoms with Crippen LogP contribution in [0.3, 0.4) is 0 Å². The number of nitrogens with zero attached hydrogens (tertiary/aromatic N) is 6. The Kier molecular flexibility index (Phi) is 6.61. The van der Waals surface area contributed by atoms with E-state index in [0.29, 0.717) is 19.1 Å². The van der Waals surface area contributed by atoms with Crippen molar-refractivity contribution < 1.29 is 21.1 Å². The summed E-state index contributed by atoms with van der Waals surface area (Å²) >= 11 is 0. The number of benzene rings is 1. The van der Waals surface area contributed by atoms with E-state index in [-0.39, 0.29) is 31.9 Å². The minimum atomic E-state index is 0. The summed E-state index contributed by atoms with van der Waals surface area (Å²) < 4.78 is 0. The molecule has 0 aliphatic heterocycles. The third-order valence-corrected chi connectivity index (χ3v) is 8.42. The minimum absolute atomic E-state index is 0. The molecule has 1 fully saturated rings. The molecule has 2 unspecified atom stereocenters. The number of hydrogen-bond donors (Lipinski definition) is 0. The summed E-state index contributed by atoms with van der Waals surface area (Å²) in [4.78, 5) is 11.6. The van der Waals surface area contributed by atoms with Crippen LogP contribution in [0.2, 0.25) is 0 Å². The van der Waals surface area contributed by atoms with E-state index in [1.807, 2.05) is 42.5 Å². The van der Waals surface area contributed by atoms with Crippen molar-refractivity contribution >= 4 is 11.5 Å². The summed E-state index contributed by atoms with van der Waals surface area (Å²) in [6.07, 6.45) is 4.18. The van der Waals surface area contributed by atoms with Crippen LogP contribution in [-0.4, -0.2) is 21.7 Å². The Labute approximate surface area is 227 Å². The van der Waals surface area contributed by atoms with Gasteiger partial charge < -0.3 is 20.4 Å². The topological polar surface area (TPSA) is 70.1 Å². The zero-order chi connectivity index (χ0) is 24.0. The molecule has 186 valence electrons. The molecule has 1 aromatic carbocycles. The fourth-order valence-corrected chi connectivity index (χ4v) is 6.03. The van der Waals surface area contributed by atoms with Crippen LogP contribution in [-0.2, 0) is 33.0 Å². The van der Waals surface area contributed by atoms with E-state index in [2.05, 4.69) is 60.0 Å². The van der Waals surface area contributed by atoms with Gasteiger partial charge in [0.15, 0.2) is 0 Å². The first-order valence-electron chi connectivity index (χ1n) is 12.4. The molecular weight excluding hydrogens is 627 g/mol. The predicted octanol–water partition coefficient (Wildman–Crippen LogP) is 6.34. The van der Waals surface area contributed by atoms with Crippen molar-refractivity contribution in [2.75, 3.05) is 11.6 Å². The van der Waals surface area contributed by atoms with Crippen molar-refractivity contribution in [1.29, 1.82) is 0 Å². The standard InChI is InChI=1S/C29H30N6.Pt/c1-28(2)22-15-16-29(28,3)27-25(22)26(33-34-27)23-13-9-14-24(32-23)35(21-11-5-4-6-12-21)19-30-18-20-10-7-8-17-31-20;/h4-14,17,22H,15-16,18-19H2,1-3H3;/q-2;+2. The van der Waals surface area contributed by atoms with E-state index >= 15 is 0 Å². The number of fused-ring (bicyclic) bond motifs is 5. The van der Waals surface area contributed by atoms with Crippen LogP contribution >= 0.6 is 0 Å². The molecule has 3 heterocycles. The smallest absolute Gasteiger partial charge is 0.640 e. The van der Waals surface area contributed by atoms with E-state index in [9.17, 15) is 0 Å².